The van der Waals surface area contributed by atoms with Crippen molar-refractivity contribution >= 4 is 40.7 Å². The van der Waals surface area contributed by atoms with Crippen molar-refractivity contribution in [3.63, 3.8) is 0 Å². The van der Waals surface area contributed by atoms with Gasteiger partial charge in [-0.25, -0.2) is 4.68 Å². The molecule has 0 saturated carbocycles. The zero-order chi connectivity index (χ0) is 19.9. The molecule has 6 nitrogen and oxygen atoms in total. The number of nitrogens with one attached hydrogen (secondary N) is 2. The number of thioether (sulfide) groups is 1. The fourth-order valence-electron chi connectivity index (χ4n) is 2.59. The smallest absolute Gasteiger partial charge is 0.257 e. The zero-order valence-electron chi connectivity index (χ0n) is 15.7. The molecule has 1 aromatic carbocycles. The van der Waals surface area contributed by atoms with Crippen LogP contribution in [0.25, 0.3) is 0 Å². The number of hydrogen-bond acceptors (Lipinski definition) is 5. The van der Waals surface area contributed by atoms with Gasteiger partial charge in [-0.2, -0.15) is 5.10 Å². The third-order valence-electron chi connectivity index (χ3n) is 3.78. The molecule has 0 fully saturated rings. The van der Waals surface area contributed by atoms with E-state index in [1.165, 1.54) is 11.8 Å². The third-order valence-corrected chi connectivity index (χ3v) is 5.72. The summed E-state index contributed by atoms with van der Waals surface area (Å²) in [5.74, 6) is 0.624. The summed E-state index contributed by atoms with van der Waals surface area (Å²) >= 11 is 3.00. The molecule has 0 saturated heterocycles. The second-order valence-electron chi connectivity index (χ2n) is 6.41. The van der Waals surface area contributed by atoms with E-state index in [0.29, 0.717) is 17.9 Å². The lowest BCUT2D eigenvalue weighted by Crippen LogP contribution is -2.31. The highest BCUT2D eigenvalue weighted by molar-refractivity contribution is 8.00. The van der Waals surface area contributed by atoms with Gasteiger partial charge in [0.15, 0.2) is 0 Å². The normalized spacial score (nSPS) is 10.8. The maximum atomic E-state index is 12.8. The summed E-state index contributed by atoms with van der Waals surface area (Å²) in [6.45, 7) is 4.44. The van der Waals surface area contributed by atoms with Gasteiger partial charge in [0.1, 0.15) is 5.82 Å². The quantitative estimate of drug-likeness (QED) is 0.549. The van der Waals surface area contributed by atoms with Crippen LogP contribution in [0.1, 0.15) is 29.1 Å². The Labute approximate surface area is 172 Å². The molecule has 2 amide bonds. The van der Waals surface area contributed by atoms with E-state index in [9.17, 15) is 9.59 Å². The lowest BCUT2D eigenvalue weighted by atomic mass is 10.2. The molecule has 2 N–H and O–H groups in total. The highest BCUT2D eigenvalue weighted by Crippen LogP contribution is 2.24. The van der Waals surface area contributed by atoms with Gasteiger partial charge in [-0.15, -0.1) is 23.1 Å². The molecule has 8 heteroatoms. The largest absolute Gasteiger partial charge is 0.353 e. The van der Waals surface area contributed by atoms with E-state index in [2.05, 4.69) is 15.7 Å². The first-order chi connectivity index (χ1) is 13.5. The predicted octanol–water partition coefficient (Wildman–Crippen LogP) is 3.86. The van der Waals surface area contributed by atoms with E-state index in [-0.39, 0.29) is 23.6 Å². The highest BCUT2D eigenvalue weighted by Gasteiger charge is 2.15. The van der Waals surface area contributed by atoms with Crippen molar-refractivity contribution in [3.05, 3.63) is 64.5 Å². The molecule has 0 aliphatic carbocycles. The molecule has 0 unspecified atom stereocenters. The van der Waals surface area contributed by atoms with Crippen LogP contribution in [-0.2, 0) is 11.3 Å². The molecule has 0 aliphatic heterocycles. The van der Waals surface area contributed by atoms with Gasteiger partial charge in [0.2, 0.25) is 5.91 Å². The Kier molecular flexibility index (Phi) is 6.89. The molecular formula is C20H22N4O2S2. The Morgan fingerprint density at radius 1 is 1.18 bits per heavy atom. The van der Waals surface area contributed by atoms with Crippen LogP contribution in [0.2, 0.25) is 0 Å². The van der Waals surface area contributed by atoms with Crippen LogP contribution in [0.5, 0.6) is 0 Å². The van der Waals surface area contributed by atoms with Crippen molar-refractivity contribution in [1.82, 2.24) is 15.1 Å². The average molecular weight is 415 g/mol. The standard InChI is InChI=1S/C20H22N4O2S2/c1-14(2)22-19(25)13-28-17-8-4-3-7-16(17)20(26)23-18-9-10-21-24(18)12-15-6-5-11-27-15/h3-11,14H,12-13H2,1-2H3,(H,22,25)(H,23,26). The fourth-order valence-corrected chi connectivity index (χ4v) is 4.13. The topological polar surface area (TPSA) is 76.0 Å². The Hall–Kier alpha value is -2.58. The van der Waals surface area contributed by atoms with Crippen molar-refractivity contribution < 1.29 is 9.59 Å². The van der Waals surface area contributed by atoms with Crippen molar-refractivity contribution in [2.75, 3.05) is 11.1 Å². The number of amides is 2. The van der Waals surface area contributed by atoms with Crippen LogP contribution in [-0.4, -0.2) is 33.4 Å². The van der Waals surface area contributed by atoms with E-state index >= 15 is 0 Å². The molecule has 28 heavy (non-hydrogen) atoms. The minimum Gasteiger partial charge on any atom is -0.353 e. The van der Waals surface area contributed by atoms with Crippen LogP contribution in [0.3, 0.4) is 0 Å². The molecule has 0 radical (unpaired) electrons. The molecule has 146 valence electrons. The summed E-state index contributed by atoms with van der Waals surface area (Å²) in [4.78, 5) is 26.7. The minimum absolute atomic E-state index is 0.0516. The Morgan fingerprint density at radius 2 is 2.00 bits per heavy atom. The number of hydrogen-bond donors (Lipinski definition) is 2. The van der Waals surface area contributed by atoms with E-state index < -0.39 is 0 Å². The lowest BCUT2D eigenvalue weighted by Gasteiger charge is -2.12. The summed E-state index contributed by atoms with van der Waals surface area (Å²) in [7, 11) is 0. The third kappa shape index (κ3) is 5.46. The molecule has 2 aromatic heterocycles. The summed E-state index contributed by atoms with van der Waals surface area (Å²) < 4.78 is 1.76. The lowest BCUT2D eigenvalue weighted by molar-refractivity contribution is -0.119. The molecule has 0 atom stereocenters. The van der Waals surface area contributed by atoms with Gasteiger partial charge in [-0.3, -0.25) is 9.59 Å². The second kappa shape index (κ2) is 9.57. The monoisotopic (exact) mass is 414 g/mol. The van der Waals surface area contributed by atoms with Crippen LogP contribution in [0.4, 0.5) is 5.82 Å². The summed E-state index contributed by atoms with van der Waals surface area (Å²) in [6.07, 6.45) is 1.67. The van der Waals surface area contributed by atoms with Crippen molar-refractivity contribution in [1.29, 1.82) is 0 Å². The van der Waals surface area contributed by atoms with Crippen LogP contribution in [0.15, 0.2) is 58.9 Å². The van der Waals surface area contributed by atoms with Gasteiger partial charge in [-0.05, 0) is 37.4 Å². The van der Waals surface area contributed by atoms with Crippen LogP contribution < -0.4 is 10.6 Å². The van der Waals surface area contributed by atoms with E-state index in [0.717, 1.165) is 9.77 Å². The molecule has 0 spiro atoms. The number of anilines is 1. The van der Waals surface area contributed by atoms with E-state index in [4.69, 9.17) is 0 Å². The average Bonchev–Trinajstić information content (AvgIpc) is 3.32. The first-order valence-electron chi connectivity index (χ1n) is 8.89. The predicted molar refractivity (Wildman–Crippen MR) is 114 cm³/mol. The second-order valence-corrected chi connectivity index (χ2v) is 8.46. The SMILES string of the molecule is CC(C)NC(=O)CSc1ccccc1C(=O)Nc1ccnn1Cc1cccs1. The molecule has 3 rings (SSSR count). The van der Waals surface area contributed by atoms with Crippen LogP contribution in [0, 0.1) is 0 Å². The van der Waals surface area contributed by atoms with Crippen LogP contribution >= 0.6 is 23.1 Å². The zero-order valence-corrected chi connectivity index (χ0v) is 17.3. The van der Waals surface area contributed by atoms with Crippen molar-refractivity contribution in [3.8, 4) is 0 Å². The van der Waals surface area contributed by atoms with Gasteiger partial charge >= 0.3 is 0 Å². The fraction of sp³-hybridized carbons (Fsp3) is 0.250. The summed E-state index contributed by atoms with van der Waals surface area (Å²) in [6, 6.07) is 13.2. The molecule has 2 heterocycles. The molecule has 0 bridgehead atoms. The van der Waals surface area contributed by atoms with Gasteiger partial charge in [-0.1, -0.05) is 18.2 Å². The molecule has 3 aromatic rings. The molecular weight excluding hydrogens is 392 g/mol. The minimum atomic E-state index is -0.222. The van der Waals surface area contributed by atoms with Gasteiger partial charge in [0.05, 0.1) is 24.1 Å². The number of carbonyl (C=O) groups is 2. The maximum absolute atomic E-state index is 12.8. The Balaban J connectivity index is 1.68. The molecule has 0 aliphatic rings. The van der Waals surface area contributed by atoms with Crippen molar-refractivity contribution in [2.45, 2.75) is 31.3 Å². The van der Waals surface area contributed by atoms with Gasteiger partial charge in [0, 0.05) is 21.9 Å². The van der Waals surface area contributed by atoms with E-state index in [1.807, 2.05) is 49.6 Å². The van der Waals surface area contributed by atoms with Gasteiger partial charge in [0.25, 0.3) is 5.91 Å². The Morgan fingerprint density at radius 3 is 2.75 bits per heavy atom. The number of carbonyl (C=O) groups excluding carboxylic acids is 2. The Bertz CT molecular complexity index is 935. The van der Waals surface area contributed by atoms with E-state index in [1.54, 1.807) is 34.3 Å². The number of rotatable bonds is 8. The number of aromatic nitrogens is 2. The van der Waals surface area contributed by atoms with Crippen molar-refractivity contribution in [2.24, 2.45) is 0 Å². The number of thiophene rings is 1. The van der Waals surface area contributed by atoms with Gasteiger partial charge < -0.3 is 10.6 Å². The first-order valence-corrected chi connectivity index (χ1v) is 10.8. The summed E-state index contributed by atoms with van der Waals surface area (Å²) in [5, 5.41) is 12.1. The maximum Gasteiger partial charge on any atom is 0.257 e. The highest BCUT2D eigenvalue weighted by atomic mass is 32.2. The number of nitrogens with zero attached hydrogens (tertiary/aromatic N) is 2. The number of benzene rings is 1. The first kappa shape index (κ1) is 20.2. The summed E-state index contributed by atoms with van der Waals surface area (Å²) in [5.41, 5.74) is 0.536.